The first-order valence-electron chi connectivity index (χ1n) is 12.0. The number of hydrogen-bond donors (Lipinski definition) is 3. The Morgan fingerprint density at radius 3 is 2.20 bits per heavy atom. The normalized spacial score (nSPS) is 20.3. The van der Waals surface area contributed by atoms with Gasteiger partial charge in [-0.05, 0) is 90.3 Å². The molecule has 2 aromatic carbocycles. The molecule has 0 aliphatic carbocycles. The SMILES string of the molecule is CC(C)(O)CCC[C@@]1(C)C=Cc2c(c3c(c4cc(-c5cc(O)cc(O)c5)oc24)C=CC(C)(C)O3)O1. The van der Waals surface area contributed by atoms with Crippen LogP contribution in [0.5, 0.6) is 23.0 Å². The van der Waals surface area contributed by atoms with Crippen LogP contribution < -0.4 is 9.47 Å². The Labute approximate surface area is 205 Å². The summed E-state index contributed by atoms with van der Waals surface area (Å²) < 4.78 is 19.3. The van der Waals surface area contributed by atoms with Crippen molar-refractivity contribution in [1.29, 1.82) is 0 Å². The summed E-state index contributed by atoms with van der Waals surface area (Å²) in [6.07, 6.45) is 10.3. The third kappa shape index (κ3) is 4.50. The predicted octanol–water partition coefficient (Wildman–Crippen LogP) is 6.80. The van der Waals surface area contributed by atoms with Crippen LogP contribution in [-0.4, -0.2) is 32.1 Å². The van der Waals surface area contributed by atoms with Gasteiger partial charge >= 0.3 is 0 Å². The minimum atomic E-state index is -0.721. The summed E-state index contributed by atoms with van der Waals surface area (Å²) in [6, 6.07) is 6.29. The zero-order chi connectivity index (χ0) is 25.2. The van der Waals surface area contributed by atoms with Crippen molar-refractivity contribution in [3.05, 3.63) is 47.5 Å². The summed E-state index contributed by atoms with van der Waals surface area (Å²) in [5.74, 6) is 1.74. The van der Waals surface area contributed by atoms with Gasteiger partial charge in [0.2, 0.25) is 0 Å². The molecule has 0 saturated carbocycles. The summed E-state index contributed by atoms with van der Waals surface area (Å²) in [5.41, 5.74) is 1.10. The summed E-state index contributed by atoms with van der Waals surface area (Å²) >= 11 is 0. The first-order valence-corrected chi connectivity index (χ1v) is 12.0. The van der Waals surface area contributed by atoms with Gasteiger partial charge in [0.1, 0.15) is 34.0 Å². The fourth-order valence-corrected chi connectivity index (χ4v) is 4.77. The minimum Gasteiger partial charge on any atom is -0.508 e. The van der Waals surface area contributed by atoms with Gasteiger partial charge in [-0.3, -0.25) is 0 Å². The molecular formula is C29H32O6. The molecule has 1 aromatic heterocycles. The first-order chi connectivity index (χ1) is 16.3. The van der Waals surface area contributed by atoms with Crippen molar-refractivity contribution < 1.29 is 29.2 Å². The standard InChI is InChI=1S/C29H32O6/c1-27(2,32)9-6-10-29(5)12-8-21-24-22(16-23(33-24)17-13-18(30)15-19(31)14-17)20-7-11-28(3,4)34-25(20)26(21)35-29/h7-8,11-16,30-32H,6,9-10H2,1-5H3/t29-/m0/s1. The zero-order valence-corrected chi connectivity index (χ0v) is 20.8. The molecule has 3 aromatic rings. The lowest BCUT2D eigenvalue weighted by Gasteiger charge is -2.36. The van der Waals surface area contributed by atoms with Crippen LogP contribution in [0, 0.1) is 0 Å². The molecule has 0 radical (unpaired) electrons. The van der Waals surface area contributed by atoms with Gasteiger partial charge in [0.25, 0.3) is 0 Å². The summed E-state index contributed by atoms with van der Waals surface area (Å²) in [5, 5.41) is 30.9. The van der Waals surface area contributed by atoms with Crippen LogP contribution in [0.3, 0.4) is 0 Å². The molecular weight excluding hydrogens is 444 g/mol. The van der Waals surface area contributed by atoms with Crippen molar-refractivity contribution in [2.75, 3.05) is 0 Å². The van der Waals surface area contributed by atoms with Crippen molar-refractivity contribution in [2.45, 2.75) is 70.7 Å². The van der Waals surface area contributed by atoms with Crippen LogP contribution in [0.2, 0.25) is 0 Å². The molecule has 0 saturated heterocycles. The highest BCUT2D eigenvalue weighted by Gasteiger charge is 2.36. The molecule has 184 valence electrons. The van der Waals surface area contributed by atoms with Gasteiger partial charge in [-0.2, -0.15) is 0 Å². The van der Waals surface area contributed by atoms with Gasteiger partial charge in [-0.25, -0.2) is 0 Å². The number of aliphatic hydroxyl groups is 1. The van der Waals surface area contributed by atoms with Gasteiger partial charge in [0.05, 0.1) is 11.2 Å². The van der Waals surface area contributed by atoms with E-state index < -0.39 is 16.8 Å². The van der Waals surface area contributed by atoms with E-state index in [9.17, 15) is 15.3 Å². The van der Waals surface area contributed by atoms with Gasteiger partial charge in [-0.1, -0.05) is 6.08 Å². The topological polar surface area (TPSA) is 92.3 Å². The lowest BCUT2D eigenvalue weighted by atomic mass is 9.89. The number of phenols is 2. The molecule has 0 unspecified atom stereocenters. The minimum absolute atomic E-state index is 0.0421. The monoisotopic (exact) mass is 476 g/mol. The van der Waals surface area contributed by atoms with Gasteiger partial charge in [0, 0.05) is 22.6 Å². The average molecular weight is 477 g/mol. The fourth-order valence-electron chi connectivity index (χ4n) is 4.77. The Balaban J connectivity index is 1.64. The molecule has 3 heterocycles. The molecule has 0 spiro atoms. The molecule has 2 aliphatic rings. The van der Waals surface area contributed by atoms with E-state index in [-0.39, 0.29) is 11.5 Å². The van der Waals surface area contributed by atoms with Gasteiger partial charge < -0.3 is 29.2 Å². The number of ether oxygens (including phenoxy) is 2. The Morgan fingerprint density at radius 2 is 1.51 bits per heavy atom. The van der Waals surface area contributed by atoms with Crippen molar-refractivity contribution in [3.63, 3.8) is 0 Å². The summed E-state index contributed by atoms with van der Waals surface area (Å²) in [7, 11) is 0. The van der Waals surface area contributed by atoms with E-state index in [2.05, 4.69) is 0 Å². The molecule has 6 heteroatoms. The van der Waals surface area contributed by atoms with Crippen molar-refractivity contribution in [1.82, 2.24) is 0 Å². The number of furan rings is 1. The molecule has 0 bridgehead atoms. The molecule has 35 heavy (non-hydrogen) atoms. The molecule has 0 fully saturated rings. The highest BCUT2D eigenvalue weighted by molar-refractivity contribution is 6.01. The Kier molecular flexibility index (Phi) is 5.22. The van der Waals surface area contributed by atoms with Crippen LogP contribution in [0.15, 0.2) is 40.8 Å². The molecule has 1 atom stereocenters. The van der Waals surface area contributed by atoms with E-state index in [1.807, 2.05) is 65.0 Å². The van der Waals surface area contributed by atoms with Gasteiger partial charge in [-0.15, -0.1) is 0 Å². The highest BCUT2D eigenvalue weighted by atomic mass is 16.5. The van der Waals surface area contributed by atoms with Crippen molar-refractivity contribution in [2.24, 2.45) is 0 Å². The zero-order valence-electron chi connectivity index (χ0n) is 20.8. The molecule has 2 aliphatic heterocycles. The number of phenolic OH excluding ortho intramolecular Hbond substituents is 2. The van der Waals surface area contributed by atoms with E-state index in [0.717, 1.165) is 29.4 Å². The second kappa shape index (κ2) is 7.82. The number of aromatic hydroxyl groups is 2. The lowest BCUT2D eigenvalue weighted by Crippen LogP contribution is -2.34. The fraction of sp³-hybridized carbons (Fsp3) is 0.379. The summed E-state index contributed by atoms with van der Waals surface area (Å²) in [6.45, 7) is 9.68. The quantitative estimate of drug-likeness (QED) is 0.375. The van der Waals surface area contributed by atoms with Gasteiger partial charge in [0.15, 0.2) is 11.5 Å². The molecule has 5 rings (SSSR count). The number of rotatable bonds is 5. The first kappa shape index (κ1) is 23.4. The van der Waals surface area contributed by atoms with Crippen molar-refractivity contribution >= 4 is 23.1 Å². The van der Waals surface area contributed by atoms with Crippen LogP contribution in [0.4, 0.5) is 0 Å². The average Bonchev–Trinajstić information content (AvgIpc) is 3.17. The highest BCUT2D eigenvalue weighted by Crippen LogP contribution is 2.52. The van der Waals surface area contributed by atoms with E-state index in [4.69, 9.17) is 13.9 Å². The largest absolute Gasteiger partial charge is 0.508 e. The van der Waals surface area contributed by atoms with Crippen LogP contribution in [0.1, 0.15) is 65.0 Å². The van der Waals surface area contributed by atoms with E-state index in [1.165, 1.54) is 6.07 Å². The molecule has 0 amide bonds. The maximum Gasteiger partial charge on any atom is 0.174 e. The van der Waals surface area contributed by atoms with Crippen LogP contribution in [-0.2, 0) is 0 Å². The summed E-state index contributed by atoms with van der Waals surface area (Å²) in [4.78, 5) is 0. The molecule has 6 nitrogen and oxygen atoms in total. The lowest BCUT2D eigenvalue weighted by molar-refractivity contribution is 0.0558. The maximum absolute atomic E-state index is 10.1. The number of benzene rings is 2. The smallest absolute Gasteiger partial charge is 0.174 e. The van der Waals surface area contributed by atoms with Crippen molar-refractivity contribution in [3.8, 4) is 34.3 Å². The number of fused-ring (bicyclic) bond motifs is 6. The Morgan fingerprint density at radius 1 is 0.857 bits per heavy atom. The maximum atomic E-state index is 10.1. The van der Waals surface area contributed by atoms with E-state index >= 15 is 0 Å². The van der Waals surface area contributed by atoms with E-state index in [0.29, 0.717) is 34.8 Å². The Bertz CT molecular complexity index is 1350. The second-order valence-corrected chi connectivity index (χ2v) is 11.0. The van der Waals surface area contributed by atoms with E-state index in [1.54, 1.807) is 12.1 Å². The Hall–Kier alpha value is -3.38. The van der Waals surface area contributed by atoms with Crippen LogP contribution in [0.25, 0.3) is 34.4 Å². The van der Waals surface area contributed by atoms with Crippen LogP contribution >= 0.6 is 0 Å². The third-order valence-corrected chi connectivity index (χ3v) is 6.57. The predicted molar refractivity (Wildman–Crippen MR) is 137 cm³/mol. The number of hydrogen-bond acceptors (Lipinski definition) is 6. The third-order valence-electron chi connectivity index (χ3n) is 6.57. The second-order valence-electron chi connectivity index (χ2n) is 11.0. The molecule has 3 N–H and O–H groups in total.